The summed E-state index contributed by atoms with van der Waals surface area (Å²) in [6.45, 7) is 5.05. The lowest BCUT2D eigenvalue weighted by atomic mass is 10.1. The number of para-hydroxylation sites is 1. The van der Waals surface area contributed by atoms with Gasteiger partial charge in [-0.1, -0.05) is 35.9 Å². The van der Waals surface area contributed by atoms with Gasteiger partial charge in [-0.05, 0) is 50.2 Å². The zero-order chi connectivity index (χ0) is 18.8. The largest absolute Gasteiger partial charge is 0.484 e. The second kappa shape index (κ2) is 7.16. The number of hydrogen-bond donors (Lipinski definition) is 1. The predicted molar refractivity (Wildman–Crippen MR) is 110 cm³/mol. The molecule has 0 fully saturated rings. The van der Waals surface area contributed by atoms with E-state index in [4.69, 9.17) is 4.74 Å². The van der Waals surface area contributed by atoms with Gasteiger partial charge in [-0.25, -0.2) is 0 Å². The van der Waals surface area contributed by atoms with Gasteiger partial charge in [-0.15, -0.1) is 0 Å². The lowest BCUT2D eigenvalue weighted by molar-refractivity contribution is -0.118. The normalized spacial score (nSPS) is 11.0. The maximum atomic E-state index is 12.3. The summed E-state index contributed by atoms with van der Waals surface area (Å²) in [7, 11) is 0. The van der Waals surface area contributed by atoms with E-state index in [0.717, 1.165) is 23.2 Å². The molecule has 0 radical (unpaired) electrons. The third-order valence-corrected chi connectivity index (χ3v) is 4.76. The summed E-state index contributed by atoms with van der Waals surface area (Å²) in [5, 5.41) is 5.27. The predicted octanol–water partition coefficient (Wildman–Crippen LogP) is 5.14. The topological polar surface area (TPSA) is 43.3 Å². The fraction of sp³-hybridized carbons (Fsp3) is 0.174. The fourth-order valence-corrected chi connectivity index (χ4v) is 3.45. The van der Waals surface area contributed by atoms with E-state index in [1.807, 2.05) is 49.4 Å². The van der Waals surface area contributed by atoms with Gasteiger partial charge in [0.25, 0.3) is 5.91 Å². The number of hydrogen-bond acceptors (Lipinski definition) is 2. The van der Waals surface area contributed by atoms with Gasteiger partial charge in [0.2, 0.25) is 0 Å². The summed E-state index contributed by atoms with van der Waals surface area (Å²) < 4.78 is 7.85. The molecule has 1 heterocycles. The molecular formula is C23H22N2O2. The van der Waals surface area contributed by atoms with E-state index in [9.17, 15) is 4.79 Å². The number of carbonyl (C=O) groups is 1. The Labute approximate surface area is 158 Å². The molecule has 0 aliphatic rings. The van der Waals surface area contributed by atoms with Crippen molar-refractivity contribution in [1.29, 1.82) is 0 Å². The van der Waals surface area contributed by atoms with Crippen LogP contribution in [0.2, 0.25) is 0 Å². The number of anilines is 1. The quantitative estimate of drug-likeness (QED) is 0.537. The third-order valence-electron chi connectivity index (χ3n) is 4.76. The molecule has 0 aliphatic heterocycles. The van der Waals surface area contributed by atoms with Crippen molar-refractivity contribution < 1.29 is 9.53 Å². The molecule has 0 saturated carbocycles. The smallest absolute Gasteiger partial charge is 0.262 e. The molecule has 0 unspecified atom stereocenters. The monoisotopic (exact) mass is 358 g/mol. The van der Waals surface area contributed by atoms with Gasteiger partial charge < -0.3 is 14.6 Å². The first-order chi connectivity index (χ1) is 13.2. The molecule has 136 valence electrons. The van der Waals surface area contributed by atoms with Gasteiger partial charge in [0.05, 0.1) is 0 Å². The average Bonchev–Trinajstić information content (AvgIpc) is 3.01. The summed E-state index contributed by atoms with van der Waals surface area (Å²) in [6, 6.07) is 22.1. The SMILES string of the molecule is CCn1c2ccccc2c2cc(NC(=O)COc3ccc(C)cc3)ccc21. The Kier molecular flexibility index (Phi) is 4.55. The molecule has 4 aromatic rings. The van der Waals surface area contributed by atoms with Gasteiger partial charge in [-0.3, -0.25) is 4.79 Å². The van der Waals surface area contributed by atoms with Crippen molar-refractivity contribution >= 4 is 33.4 Å². The molecule has 0 saturated heterocycles. The highest BCUT2D eigenvalue weighted by Gasteiger charge is 2.11. The van der Waals surface area contributed by atoms with Crippen molar-refractivity contribution in [3.63, 3.8) is 0 Å². The first kappa shape index (κ1) is 17.2. The second-order valence-electron chi connectivity index (χ2n) is 6.64. The molecule has 4 rings (SSSR count). The maximum Gasteiger partial charge on any atom is 0.262 e. The third kappa shape index (κ3) is 3.38. The summed E-state index contributed by atoms with van der Waals surface area (Å²) in [4.78, 5) is 12.3. The molecule has 27 heavy (non-hydrogen) atoms. The molecule has 0 bridgehead atoms. The van der Waals surface area contributed by atoms with Gasteiger partial charge in [-0.2, -0.15) is 0 Å². The van der Waals surface area contributed by atoms with Crippen molar-refractivity contribution in [2.45, 2.75) is 20.4 Å². The van der Waals surface area contributed by atoms with E-state index in [-0.39, 0.29) is 12.5 Å². The lowest BCUT2D eigenvalue weighted by Gasteiger charge is -2.08. The van der Waals surface area contributed by atoms with Crippen LogP contribution in [0.4, 0.5) is 5.69 Å². The van der Waals surface area contributed by atoms with E-state index in [2.05, 4.69) is 41.1 Å². The Morgan fingerprint density at radius 3 is 2.48 bits per heavy atom. The molecule has 3 aromatic carbocycles. The minimum Gasteiger partial charge on any atom is -0.484 e. The molecular weight excluding hydrogens is 336 g/mol. The maximum absolute atomic E-state index is 12.3. The van der Waals surface area contributed by atoms with Crippen molar-refractivity contribution in [2.75, 3.05) is 11.9 Å². The number of aryl methyl sites for hydroxylation is 2. The number of amides is 1. The highest BCUT2D eigenvalue weighted by molar-refractivity contribution is 6.09. The lowest BCUT2D eigenvalue weighted by Crippen LogP contribution is -2.20. The van der Waals surface area contributed by atoms with Gasteiger partial charge in [0.15, 0.2) is 6.61 Å². The van der Waals surface area contributed by atoms with Crippen LogP contribution in [0.25, 0.3) is 21.8 Å². The number of nitrogens with one attached hydrogen (secondary N) is 1. The van der Waals surface area contributed by atoms with Crippen molar-refractivity contribution in [1.82, 2.24) is 4.57 Å². The summed E-state index contributed by atoms with van der Waals surface area (Å²) in [5.74, 6) is 0.520. The minimum absolute atomic E-state index is 0.0161. The van der Waals surface area contributed by atoms with E-state index in [1.165, 1.54) is 16.4 Å². The van der Waals surface area contributed by atoms with Crippen LogP contribution in [0.15, 0.2) is 66.7 Å². The van der Waals surface area contributed by atoms with E-state index in [1.54, 1.807) is 0 Å². The van der Waals surface area contributed by atoms with Gasteiger partial charge in [0, 0.05) is 34.0 Å². The first-order valence-electron chi connectivity index (χ1n) is 9.16. The molecule has 4 heteroatoms. The van der Waals surface area contributed by atoms with E-state index < -0.39 is 0 Å². The zero-order valence-electron chi connectivity index (χ0n) is 15.5. The summed E-state index contributed by atoms with van der Waals surface area (Å²) in [5.41, 5.74) is 4.32. The highest BCUT2D eigenvalue weighted by atomic mass is 16.5. The number of carbonyl (C=O) groups excluding carboxylic acids is 1. The Balaban J connectivity index is 1.54. The van der Waals surface area contributed by atoms with Crippen LogP contribution >= 0.6 is 0 Å². The fourth-order valence-electron chi connectivity index (χ4n) is 3.45. The summed E-state index contributed by atoms with van der Waals surface area (Å²) in [6.07, 6.45) is 0. The number of benzene rings is 3. The summed E-state index contributed by atoms with van der Waals surface area (Å²) >= 11 is 0. The standard InChI is InChI=1S/C23H22N2O2/c1-3-25-21-7-5-4-6-19(21)20-14-17(10-13-22(20)25)24-23(26)15-27-18-11-8-16(2)9-12-18/h4-14H,3,15H2,1-2H3,(H,24,26). The molecule has 4 nitrogen and oxygen atoms in total. The van der Waals surface area contributed by atoms with Crippen LogP contribution < -0.4 is 10.1 Å². The van der Waals surface area contributed by atoms with Crippen LogP contribution in [0.3, 0.4) is 0 Å². The Morgan fingerprint density at radius 2 is 1.70 bits per heavy atom. The second-order valence-corrected chi connectivity index (χ2v) is 6.64. The zero-order valence-corrected chi connectivity index (χ0v) is 15.5. The van der Waals surface area contributed by atoms with Crippen LogP contribution in [0, 0.1) is 6.92 Å². The molecule has 0 atom stereocenters. The molecule has 0 aliphatic carbocycles. The van der Waals surface area contributed by atoms with Crippen LogP contribution in [-0.2, 0) is 11.3 Å². The van der Waals surface area contributed by atoms with Crippen molar-refractivity contribution in [3.8, 4) is 5.75 Å². The number of nitrogens with zero attached hydrogens (tertiary/aromatic N) is 1. The minimum atomic E-state index is -0.172. The number of rotatable bonds is 5. The van der Waals surface area contributed by atoms with Crippen LogP contribution in [0.5, 0.6) is 5.75 Å². The molecule has 1 N–H and O–H groups in total. The van der Waals surface area contributed by atoms with Gasteiger partial charge >= 0.3 is 0 Å². The Bertz CT molecular complexity index is 1110. The van der Waals surface area contributed by atoms with E-state index in [0.29, 0.717) is 5.75 Å². The van der Waals surface area contributed by atoms with Crippen molar-refractivity contribution in [3.05, 3.63) is 72.3 Å². The molecule has 1 aromatic heterocycles. The Hall–Kier alpha value is -3.27. The number of aromatic nitrogens is 1. The average molecular weight is 358 g/mol. The Morgan fingerprint density at radius 1 is 0.963 bits per heavy atom. The highest BCUT2D eigenvalue weighted by Crippen LogP contribution is 2.30. The molecule has 0 spiro atoms. The van der Waals surface area contributed by atoms with Crippen LogP contribution in [-0.4, -0.2) is 17.1 Å². The first-order valence-corrected chi connectivity index (χ1v) is 9.16. The van der Waals surface area contributed by atoms with E-state index >= 15 is 0 Å². The van der Waals surface area contributed by atoms with Gasteiger partial charge in [0.1, 0.15) is 5.75 Å². The van der Waals surface area contributed by atoms with Crippen molar-refractivity contribution in [2.24, 2.45) is 0 Å². The molecule has 1 amide bonds. The number of fused-ring (bicyclic) bond motifs is 3. The van der Waals surface area contributed by atoms with Crippen LogP contribution in [0.1, 0.15) is 12.5 Å². The number of ether oxygens (including phenoxy) is 1.